The zero-order valence-electron chi connectivity index (χ0n) is 15.9. The summed E-state index contributed by atoms with van der Waals surface area (Å²) in [6.07, 6.45) is 0.767. The van der Waals surface area contributed by atoms with E-state index in [0.29, 0.717) is 22.5 Å². The minimum absolute atomic E-state index is 0.146. The average Bonchev–Trinajstić information content (AvgIpc) is 2.74. The minimum Gasteiger partial charge on any atom is -0.457 e. The monoisotopic (exact) mass is 384 g/mol. The van der Waals surface area contributed by atoms with Gasteiger partial charge in [0.05, 0.1) is 5.52 Å². The summed E-state index contributed by atoms with van der Waals surface area (Å²) < 4.78 is 5.75. The van der Waals surface area contributed by atoms with Crippen molar-refractivity contribution in [3.63, 3.8) is 0 Å². The lowest BCUT2D eigenvalue weighted by Crippen LogP contribution is -2.12. The zero-order valence-corrected chi connectivity index (χ0v) is 15.9. The van der Waals surface area contributed by atoms with E-state index in [2.05, 4.69) is 10.3 Å². The molecule has 1 heterocycles. The molecule has 1 aromatic heterocycles. The lowest BCUT2D eigenvalue weighted by molar-refractivity contribution is 0.102. The number of aryl methyl sites for hydroxylation is 1. The van der Waals surface area contributed by atoms with Gasteiger partial charge in [-0.2, -0.15) is 0 Å². The first-order valence-electron chi connectivity index (χ1n) is 9.42. The molecule has 0 radical (unpaired) electrons. The summed E-state index contributed by atoms with van der Waals surface area (Å²) in [4.78, 5) is 27.2. The summed E-state index contributed by atoms with van der Waals surface area (Å²) in [5.41, 5.74) is 2.68. The smallest absolute Gasteiger partial charge is 0.255 e. The van der Waals surface area contributed by atoms with Crippen molar-refractivity contribution in [3.05, 3.63) is 100 Å². The minimum atomic E-state index is -0.232. The standard InChI is InChI=1S/C24H20N2O3/c1-2-16-14-23(27)26-22-15-18(10-13-21(16)22)25-24(28)17-8-11-20(12-9-17)29-19-6-4-3-5-7-19/h3-15H,2H2,1H3,(H,25,28)(H,26,27). The van der Waals surface area contributed by atoms with Crippen LogP contribution in [0.3, 0.4) is 0 Å². The van der Waals surface area contributed by atoms with Gasteiger partial charge in [0.25, 0.3) is 5.91 Å². The van der Waals surface area contributed by atoms with Crippen molar-refractivity contribution in [3.8, 4) is 11.5 Å². The van der Waals surface area contributed by atoms with Crippen LogP contribution >= 0.6 is 0 Å². The van der Waals surface area contributed by atoms with Crippen LogP contribution in [0.25, 0.3) is 10.9 Å². The maximum absolute atomic E-state index is 12.6. The van der Waals surface area contributed by atoms with Crippen molar-refractivity contribution in [2.75, 3.05) is 5.32 Å². The van der Waals surface area contributed by atoms with Gasteiger partial charge in [0.15, 0.2) is 0 Å². The van der Waals surface area contributed by atoms with E-state index in [-0.39, 0.29) is 11.5 Å². The van der Waals surface area contributed by atoms with Crippen LogP contribution in [0.15, 0.2) is 83.7 Å². The molecule has 3 aromatic carbocycles. The molecule has 29 heavy (non-hydrogen) atoms. The maximum Gasteiger partial charge on any atom is 0.255 e. The van der Waals surface area contributed by atoms with Gasteiger partial charge in [0.1, 0.15) is 11.5 Å². The highest BCUT2D eigenvalue weighted by Gasteiger charge is 2.09. The first-order valence-corrected chi connectivity index (χ1v) is 9.42. The molecule has 0 bridgehead atoms. The molecule has 4 aromatic rings. The third kappa shape index (κ3) is 4.19. The van der Waals surface area contributed by atoms with E-state index in [1.165, 1.54) is 0 Å². The Morgan fingerprint density at radius 2 is 1.66 bits per heavy atom. The highest BCUT2D eigenvalue weighted by atomic mass is 16.5. The van der Waals surface area contributed by atoms with Crippen molar-refractivity contribution < 1.29 is 9.53 Å². The summed E-state index contributed by atoms with van der Waals surface area (Å²) in [6.45, 7) is 2.01. The molecule has 0 fully saturated rings. The Kier molecular flexibility index (Phi) is 5.12. The van der Waals surface area contributed by atoms with Crippen LogP contribution in [0.1, 0.15) is 22.8 Å². The molecule has 0 aliphatic rings. The summed E-state index contributed by atoms with van der Waals surface area (Å²) in [6, 6.07) is 23.5. The van der Waals surface area contributed by atoms with Crippen molar-refractivity contribution in [2.45, 2.75) is 13.3 Å². The number of benzene rings is 3. The number of nitrogens with one attached hydrogen (secondary N) is 2. The number of fused-ring (bicyclic) bond motifs is 1. The summed E-state index contributed by atoms with van der Waals surface area (Å²) >= 11 is 0. The van der Waals surface area contributed by atoms with Crippen LogP contribution in [0.4, 0.5) is 5.69 Å². The van der Waals surface area contributed by atoms with Gasteiger partial charge in [-0.15, -0.1) is 0 Å². The number of hydrogen-bond donors (Lipinski definition) is 2. The Morgan fingerprint density at radius 3 is 2.38 bits per heavy atom. The van der Waals surface area contributed by atoms with Crippen LogP contribution < -0.4 is 15.6 Å². The van der Waals surface area contributed by atoms with Crippen LogP contribution in [-0.4, -0.2) is 10.9 Å². The normalized spacial score (nSPS) is 10.7. The summed E-state index contributed by atoms with van der Waals surface area (Å²) in [5, 5.41) is 3.85. The third-order valence-electron chi connectivity index (χ3n) is 4.66. The predicted octanol–water partition coefficient (Wildman–Crippen LogP) is 5.14. The SMILES string of the molecule is CCc1cc(=O)[nH]c2cc(NC(=O)c3ccc(Oc4ccccc4)cc3)ccc12. The van der Waals surface area contributed by atoms with E-state index in [4.69, 9.17) is 4.74 Å². The molecule has 0 saturated carbocycles. The molecule has 0 aliphatic heterocycles. The molecular weight excluding hydrogens is 364 g/mol. The lowest BCUT2D eigenvalue weighted by atomic mass is 10.1. The van der Waals surface area contributed by atoms with E-state index >= 15 is 0 Å². The number of aromatic amines is 1. The van der Waals surface area contributed by atoms with Gasteiger partial charge in [-0.1, -0.05) is 31.2 Å². The van der Waals surface area contributed by atoms with E-state index in [0.717, 1.165) is 23.1 Å². The molecule has 0 saturated heterocycles. The van der Waals surface area contributed by atoms with Gasteiger partial charge in [-0.05, 0) is 60.5 Å². The van der Waals surface area contributed by atoms with Crippen molar-refractivity contribution in [1.29, 1.82) is 0 Å². The second-order valence-corrected chi connectivity index (χ2v) is 6.67. The number of carbonyl (C=O) groups excluding carboxylic acids is 1. The number of aromatic nitrogens is 1. The number of anilines is 1. The summed E-state index contributed by atoms with van der Waals surface area (Å²) in [7, 11) is 0. The molecule has 1 amide bonds. The van der Waals surface area contributed by atoms with Gasteiger partial charge in [-0.25, -0.2) is 0 Å². The number of ether oxygens (including phenoxy) is 1. The van der Waals surface area contributed by atoms with E-state index in [1.54, 1.807) is 36.4 Å². The Labute approximate surface area is 168 Å². The number of rotatable bonds is 5. The molecule has 4 rings (SSSR count). The molecular formula is C24H20N2O3. The number of H-pyrrole nitrogens is 1. The highest BCUT2D eigenvalue weighted by Crippen LogP contribution is 2.23. The molecule has 0 unspecified atom stereocenters. The molecule has 5 nitrogen and oxygen atoms in total. The topological polar surface area (TPSA) is 71.2 Å². The van der Waals surface area contributed by atoms with Crippen LogP contribution in [0.5, 0.6) is 11.5 Å². The van der Waals surface area contributed by atoms with Gasteiger partial charge >= 0.3 is 0 Å². The van der Waals surface area contributed by atoms with E-state index < -0.39 is 0 Å². The Balaban J connectivity index is 1.51. The third-order valence-corrected chi connectivity index (χ3v) is 4.66. The molecule has 2 N–H and O–H groups in total. The van der Waals surface area contributed by atoms with Crippen molar-refractivity contribution in [1.82, 2.24) is 4.98 Å². The van der Waals surface area contributed by atoms with Gasteiger partial charge < -0.3 is 15.0 Å². The zero-order chi connectivity index (χ0) is 20.2. The summed E-state index contributed by atoms with van der Waals surface area (Å²) in [5.74, 6) is 1.16. The Bertz CT molecular complexity index is 1210. The molecule has 0 spiro atoms. The van der Waals surface area contributed by atoms with E-state index in [1.807, 2.05) is 49.4 Å². The average molecular weight is 384 g/mol. The fourth-order valence-electron chi connectivity index (χ4n) is 3.20. The second kappa shape index (κ2) is 8.02. The molecule has 144 valence electrons. The maximum atomic E-state index is 12.6. The fraction of sp³-hybridized carbons (Fsp3) is 0.0833. The predicted molar refractivity (Wildman–Crippen MR) is 115 cm³/mol. The highest BCUT2D eigenvalue weighted by molar-refractivity contribution is 6.05. The van der Waals surface area contributed by atoms with Gasteiger partial charge in [-0.3, -0.25) is 9.59 Å². The van der Waals surface area contributed by atoms with Crippen molar-refractivity contribution >= 4 is 22.5 Å². The van der Waals surface area contributed by atoms with Crippen LogP contribution in [0, 0.1) is 0 Å². The van der Waals surface area contributed by atoms with Gasteiger partial charge in [0, 0.05) is 22.7 Å². The van der Waals surface area contributed by atoms with Crippen LogP contribution in [-0.2, 0) is 6.42 Å². The Hall–Kier alpha value is -3.86. The number of amides is 1. The lowest BCUT2D eigenvalue weighted by Gasteiger charge is -2.09. The number of para-hydroxylation sites is 1. The first kappa shape index (κ1) is 18.5. The fourth-order valence-corrected chi connectivity index (χ4v) is 3.20. The molecule has 0 aliphatic carbocycles. The van der Waals surface area contributed by atoms with Crippen LogP contribution in [0.2, 0.25) is 0 Å². The largest absolute Gasteiger partial charge is 0.457 e. The number of hydrogen-bond acceptors (Lipinski definition) is 3. The van der Waals surface area contributed by atoms with E-state index in [9.17, 15) is 9.59 Å². The van der Waals surface area contributed by atoms with Gasteiger partial charge in [0.2, 0.25) is 5.56 Å². The molecule has 5 heteroatoms. The second-order valence-electron chi connectivity index (χ2n) is 6.67. The van der Waals surface area contributed by atoms with Crippen molar-refractivity contribution in [2.24, 2.45) is 0 Å². The number of carbonyl (C=O) groups is 1. The Morgan fingerprint density at radius 1 is 0.931 bits per heavy atom. The quantitative estimate of drug-likeness (QED) is 0.501. The molecule has 0 atom stereocenters. The number of pyridine rings is 1. The first-order chi connectivity index (χ1) is 14.1.